The maximum absolute atomic E-state index is 10.9. The van der Waals surface area contributed by atoms with Gasteiger partial charge >= 0.3 is 0 Å². The number of rotatable bonds is 0. The zero-order chi connectivity index (χ0) is 11.2. The van der Waals surface area contributed by atoms with E-state index in [9.17, 15) is 10.3 Å². The molecule has 3 fully saturated rings. The van der Waals surface area contributed by atoms with Crippen LogP contribution in [0, 0.1) is 17.8 Å². The maximum Gasteiger partial charge on any atom is 0.0757 e. The highest BCUT2D eigenvalue weighted by atomic mass is 16.4. The van der Waals surface area contributed by atoms with Crippen molar-refractivity contribution in [3.63, 3.8) is 0 Å². The quantitative estimate of drug-likeness (QED) is 0.490. The highest BCUT2D eigenvalue weighted by molar-refractivity contribution is 5.91. The Morgan fingerprint density at radius 2 is 2.00 bits per heavy atom. The normalized spacial score (nSPS) is 50.1. The van der Waals surface area contributed by atoms with E-state index < -0.39 is 5.60 Å². The molecule has 0 unspecified atom stereocenters. The molecule has 3 heteroatoms. The number of hydrogen-bond acceptors (Lipinski definition) is 3. The lowest BCUT2D eigenvalue weighted by atomic mass is 9.54. The van der Waals surface area contributed by atoms with Crippen LogP contribution in [0.4, 0.5) is 0 Å². The first-order chi connectivity index (χ1) is 7.75. The van der Waals surface area contributed by atoms with Gasteiger partial charge in [-0.25, -0.2) is 0 Å². The summed E-state index contributed by atoms with van der Waals surface area (Å²) in [5.41, 5.74) is 0.364. The minimum Gasteiger partial charge on any atom is -0.411 e. The molecule has 0 amide bonds. The Morgan fingerprint density at radius 1 is 1.12 bits per heavy atom. The van der Waals surface area contributed by atoms with Gasteiger partial charge in [-0.05, 0) is 38.0 Å². The molecule has 0 aliphatic heterocycles. The van der Waals surface area contributed by atoms with Crippen LogP contribution in [0.3, 0.4) is 0 Å². The SMILES string of the molecule is O/N=C1/[C@@H]2CCC[C@H]1[C@@]1(O)CCCC[C@@H]1C2. The molecule has 90 valence electrons. The van der Waals surface area contributed by atoms with Crippen molar-refractivity contribution in [1.82, 2.24) is 0 Å². The highest BCUT2D eigenvalue weighted by Crippen LogP contribution is 2.52. The van der Waals surface area contributed by atoms with Crippen molar-refractivity contribution in [3.8, 4) is 0 Å². The van der Waals surface area contributed by atoms with Gasteiger partial charge in [0.25, 0.3) is 0 Å². The second-order valence-corrected chi connectivity index (χ2v) is 5.87. The van der Waals surface area contributed by atoms with Gasteiger partial charge in [-0.3, -0.25) is 0 Å². The van der Waals surface area contributed by atoms with Crippen molar-refractivity contribution in [2.75, 3.05) is 0 Å². The third kappa shape index (κ3) is 1.33. The fourth-order valence-electron chi connectivity index (χ4n) is 4.42. The molecule has 0 aromatic heterocycles. The molecule has 0 radical (unpaired) electrons. The average Bonchev–Trinajstić information content (AvgIpc) is 2.30. The Labute approximate surface area is 96.5 Å². The number of oxime groups is 1. The van der Waals surface area contributed by atoms with Crippen LogP contribution in [0.15, 0.2) is 5.16 Å². The molecule has 3 aliphatic carbocycles. The maximum atomic E-state index is 10.9. The zero-order valence-corrected chi connectivity index (χ0v) is 9.73. The fraction of sp³-hybridized carbons (Fsp3) is 0.923. The van der Waals surface area contributed by atoms with Crippen LogP contribution >= 0.6 is 0 Å². The van der Waals surface area contributed by atoms with Gasteiger partial charge in [-0.1, -0.05) is 24.4 Å². The van der Waals surface area contributed by atoms with E-state index in [0.29, 0.717) is 11.8 Å². The van der Waals surface area contributed by atoms with E-state index in [1.807, 2.05) is 0 Å². The molecule has 0 spiro atoms. The lowest BCUT2D eigenvalue weighted by Crippen LogP contribution is -2.57. The Balaban J connectivity index is 1.96. The summed E-state index contributed by atoms with van der Waals surface area (Å²) in [6.45, 7) is 0. The zero-order valence-electron chi connectivity index (χ0n) is 9.73. The molecule has 0 aromatic carbocycles. The Kier molecular flexibility index (Phi) is 2.46. The summed E-state index contributed by atoms with van der Waals surface area (Å²) in [6, 6.07) is 0. The molecule has 0 aromatic rings. The first-order valence-electron chi connectivity index (χ1n) is 6.70. The average molecular weight is 223 g/mol. The van der Waals surface area contributed by atoms with Crippen LogP contribution in [-0.2, 0) is 0 Å². The molecule has 2 N–H and O–H groups in total. The summed E-state index contributed by atoms with van der Waals surface area (Å²) in [6.07, 6.45) is 8.88. The van der Waals surface area contributed by atoms with Crippen LogP contribution in [0.25, 0.3) is 0 Å². The van der Waals surface area contributed by atoms with Gasteiger partial charge in [0.1, 0.15) is 0 Å². The van der Waals surface area contributed by atoms with Crippen molar-refractivity contribution in [2.45, 2.75) is 57.0 Å². The summed E-state index contributed by atoms with van der Waals surface area (Å²) >= 11 is 0. The predicted octanol–water partition coefficient (Wildman–Crippen LogP) is 2.56. The molecule has 3 saturated carbocycles. The lowest BCUT2D eigenvalue weighted by molar-refractivity contribution is -0.102. The van der Waals surface area contributed by atoms with Crippen molar-refractivity contribution < 1.29 is 10.3 Å². The van der Waals surface area contributed by atoms with Gasteiger partial charge in [0.15, 0.2) is 0 Å². The summed E-state index contributed by atoms with van der Waals surface area (Å²) < 4.78 is 0. The largest absolute Gasteiger partial charge is 0.411 e. The van der Waals surface area contributed by atoms with Crippen LogP contribution < -0.4 is 0 Å². The van der Waals surface area contributed by atoms with E-state index in [1.165, 1.54) is 19.3 Å². The second kappa shape index (κ2) is 3.73. The first kappa shape index (κ1) is 10.6. The van der Waals surface area contributed by atoms with Crippen LogP contribution in [0.5, 0.6) is 0 Å². The van der Waals surface area contributed by atoms with E-state index in [0.717, 1.165) is 37.8 Å². The minimum absolute atomic E-state index is 0.148. The Morgan fingerprint density at radius 3 is 2.81 bits per heavy atom. The Hall–Kier alpha value is -0.570. The molecule has 16 heavy (non-hydrogen) atoms. The predicted molar refractivity (Wildman–Crippen MR) is 61.6 cm³/mol. The highest BCUT2D eigenvalue weighted by Gasteiger charge is 2.54. The summed E-state index contributed by atoms with van der Waals surface area (Å²) in [5.74, 6) is 1.06. The molecule has 0 saturated heterocycles. The number of aliphatic hydroxyl groups is 1. The number of fused-ring (bicyclic) bond motifs is 4. The molecule has 0 heterocycles. The van der Waals surface area contributed by atoms with E-state index in [-0.39, 0.29) is 5.92 Å². The van der Waals surface area contributed by atoms with Crippen molar-refractivity contribution in [3.05, 3.63) is 0 Å². The lowest BCUT2D eigenvalue weighted by Gasteiger charge is -2.53. The number of nitrogens with zero attached hydrogens (tertiary/aromatic N) is 1. The standard InChI is InChI=1S/C13H21NO2/c15-13-7-2-1-5-10(13)8-9-4-3-6-11(13)12(9)14-16/h9-11,15-16H,1-8H2/b14-12-/t9-,10-,11-,13-/m1/s1. The molecule has 3 rings (SSSR count). The first-order valence-corrected chi connectivity index (χ1v) is 6.70. The molecule has 2 bridgehead atoms. The monoisotopic (exact) mass is 223 g/mol. The van der Waals surface area contributed by atoms with Gasteiger partial charge in [-0.2, -0.15) is 0 Å². The van der Waals surface area contributed by atoms with Gasteiger partial charge in [0.2, 0.25) is 0 Å². The van der Waals surface area contributed by atoms with Gasteiger partial charge in [-0.15, -0.1) is 0 Å². The smallest absolute Gasteiger partial charge is 0.0757 e. The van der Waals surface area contributed by atoms with Gasteiger partial charge in [0.05, 0.1) is 11.3 Å². The van der Waals surface area contributed by atoms with Crippen LogP contribution in [0.2, 0.25) is 0 Å². The third-order valence-corrected chi connectivity index (χ3v) is 5.20. The van der Waals surface area contributed by atoms with Crippen molar-refractivity contribution in [1.29, 1.82) is 0 Å². The van der Waals surface area contributed by atoms with E-state index in [1.54, 1.807) is 0 Å². The minimum atomic E-state index is -0.545. The van der Waals surface area contributed by atoms with Crippen LogP contribution in [-0.4, -0.2) is 21.6 Å². The third-order valence-electron chi connectivity index (χ3n) is 5.20. The molecule has 3 aliphatic rings. The van der Waals surface area contributed by atoms with E-state index in [2.05, 4.69) is 5.16 Å². The van der Waals surface area contributed by atoms with Crippen molar-refractivity contribution >= 4 is 5.71 Å². The van der Waals surface area contributed by atoms with Crippen LogP contribution in [0.1, 0.15) is 51.4 Å². The summed E-state index contributed by atoms with van der Waals surface area (Å²) in [7, 11) is 0. The second-order valence-electron chi connectivity index (χ2n) is 5.87. The Bertz CT molecular complexity index is 315. The van der Waals surface area contributed by atoms with E-state index in [4.69, 9.17) is 0 Å². The topological polar surface area (TPSA) is 52.8 Å². The van der Waals surface area contributed by atoms with Gasteiger partial charge < -0.3 is 10.3 Å². The van der Waals surface area contributed by atoms with Crippen molar-refractivity contribution in [2.24, 2.45) is 22.9 Å². The van der Waals surface area contributed by atoms with E-state index >= 15 is 0 Å². The summed E-state index contributed by atoms with van der Waals surface area (Å²) in [5, 5.41) is 23.6. The molecule has 3 nitrogen and oxygen atoms in total. The van der Waals surface area contributed by atoms with Gasteiger partial charge in [0, 0.05) is 11.8 Å². The summed E-state index contributed by atoms with van der Waals surface area (Å²) in [4.78, 5) is 0. The molecule has 4 atom stereocenters. The molecular formula is C13H21NO2. The molecular weight excluding hydrogens is 202 g/mol. The fourth-order valence-corrected chi connectivity index (χ4v) is 4.42. The number of hydrogen-bond donors (Lipinski definition) is 2.